The van der Waals surface area contributed by atoms with Crippen LogP contribution < -0.4 is 15.4 Å². The number of rotatable bonds is 5. The first kappa shape index (κ1) is 18.4. The summed E-state index contributed by atoms with van der Waals surface area (Å²) in [7, 11) is 0. The minimum Gasteiger partial charge on any atom is -0.321 e. The normalized spacial score (nSPS) is 14.7. The number of hydrogen-bond acceptors (Lipinski definition) is 3. The number of quaternary nitrogens is 1. The molecule has 6 nitrogen and oxygen atoms in total. The van der Waals surface area contributed by atoms with Crippen LogP contribution in [0.1, 0.15) is 24.7 Å². The number of anilines is 1. The van der Waals surface area contributed by atoms with Crippen molar-refractivity contribution in [1.29, 1.82) is 0 Å². The molecule has 2 aromatic carbocycles. The van der Waals surface area contributed by atoms with Crippen LogP contribution in [-0.2, 0) is 17.8 Å². The van der Waals surface area contributed by atoms with Crippen LogP contribution in [0.4, 0.5) is 5.69 Å². The largest absolute Gasteiger partial charge is 0.321 e. The summed E-state index contributed by atoms with van der Waals surface area (Å²) in [6, 6.07) is 15.5. The van der Waals surface area contributed by atoms with Crippen LogP contribution in [-0.4, -0.2) is 35.5 Å². The number of para-hydroxylation sites is 2. The Bertz CT molecular complexity index is 1060. The summed E-state index contributed by atoms with van der Waals surface area (Å²) in [5.41, 5.74) is 2.83. The van der Waals surface area contributed by atoms with Gasteiger partial charge in [-0.15, -0.1) is 0 Å². The predicted molar refractivity (Wildman–Crippen MR) is 110 cm³/mol. The fraction of sp³-hybridized carbons (Fsp3) is 0.318. The van der Waals surface area contributed by atoms with E-state index in [4.69, 9.17) is 0 Å². The average Bonchev–Trinajstić information content (AvgIpc) is 2.72. The SMILES string of the molecule is CC[NH+](CC(=O)N1CCCc2ccccc21)Cc1nc2ccccc2c(=O)[nH]1. The Labute approximate surface area is 163 Å². The first-order valence-electron chi connectivity index (χ1n) is 9.85. The molecule has 0 saturated carbocycles. The summed E-state index contributed by atoms with van der Waals surface area (Å²) in [5, 5.41) is 0.588. The fourth-order valence-corrected chi connectivity index (χ4v) is 3.87. The first-order valence-corrected chi connectivity index (χ1v) is 9.85. The third-order valence-electron chi connectivity index (χ3n) is 5.39. The number of carbonyl (C=O) groups is 1. The standard InChI is InChI=1S/C22H24N4O2/c1-2-25(14-20-23-18-11-5-4-10-17(18)22(28)24-20)15-21(27)26-13-7-9-16-8-3-6-12-19(16)26/h3-6,8,10-12H,2,7,9,13-15H2,1H3,(H,23,24,28)/p+1. The summed E-state index contributed by atoms with van der Waals surface area (Å²) in [4.78, 5) is 35.7. The third kappa shape index (κ3) is 3.68. The number of likely N-dealkylation sites (N-methyl/N-ethyl adjacent to an activating group) is 1. The lowest BCUT2D eigenvalue weighted by Crippen LogP contribution is -3.11. The van der Waals surface area contributed by atoms with Gasteiger partial charge in [-0.2, -0.15) is 0 Å². The molecular formula is C22H25N4O2+. The Morgan fingerprint density at radius 1 is 1.18 bits per heavy atom. The van der Waals surface area contributed by atoms with Crippen LogP contribution in [0.3, 0.4) is 0 Å². The number of benzene rings is 2. The highest BCUT2D eigenvalue weighted by Gasteiger charge is 2.25. The zero-order valence-electron chi connectivity index (χ0n) is 16.1. The van der Waals surface area contributed by atoms with E-state index in [0.29, 0.717) is 29.8 Å². The van der Waals surface area contributed by atoms with E-state index in [0.717, 1.165) is 36.5 Å². The van der Waals surface area contributed by atoms with Gasteiger partial charge in [-0.1, -0.05) is 30.3 Å². The minimum absolute atomic E-state index is 0.118. The molecule has 1 atom stereocenters. The second kappa shape index (κ2) is 7.94. The lowest BCUT2D eigenvalue weighted by atomic mass is 10.0. The average molecular weight is 377 g/mol. The van der Waals surface area contributed by atoms with Gasteiger partial charge in [0.1, 0.15) is 6.54 Å². The van der Waals surface area contributed by atoms with E-state index in [1.54, 1.807) is 6.07 Å². The second-order valence-electron chi connectivity index (χ2n) is 7.26. The summed E-state index contributed by atoms with van der Waals surface area (Å²) in [6.45, 7) is 4.47. The summed E-state index contributed by atoms with van der Waals surface area (Å²) >= 11 is 0. The van der Waals surface area contributed by atoms with Crippen LogP contribution >= 0.6 is 0 Å². The van der Waals surface area contributed by atoms with Gasteiger partial charge in [0.25, 0.3) is 11.5 Å². The highest BCUT2D eigenvalue weighted by Crippen LogP contribution is 2.26. The molecule has 0 radical (unpaired) electrons. The van der Waals surface area contributed by atoms with Crippen LogP contribution in [0, 0.1) is 0 Å². The van der Waals surface area contributed by atoms with Crippen molar-refractivity contribution in [2.24, 2.45) is 0 Å². The van der Waals surface area contributed by atoms with Gasteiger partial charge in [0.05, 0.1) is 17.4 Å². The third-order valence-corrected chi connectivity index (χ3v) is 5.39. The minimum atomic E-state index is -0.132. The van der Waals surface area contributed by atoms with Crippen molar-refractivity contribution in [2.45, 2.75) is 26.3 Å². The zero-order chi connectivity index (χ0) is 19.5. The highest BCUT2D eigenvalue weighted by atomic mass is 16.2. The Kier molecular flexibility index (Phi) is 5.21. The topological polar surface area (TPSA) is 70.5 Å². The molecule has 1 aromatic heterocycles. The lowest BCUT2D eigenvalue weighted by molar-refractivity contribution is -0.904. The van der Waals surface area contributed by atoms with E-state index < -0.39 is 0 Å². The van der Waals surface area contributed by atoms with Gasteiger partial charge >= 0.3 is 0 Å². The molecule has 4 rings (SSSR count). The zero-order valence-corrected chi connectivity index (χ0v) is 16.1. The molecule has 2 N–H and O–H groups in total. The maximum atomic E-state index is 13.0. The predicted octanol–water partition coefficient (Wildman–Crippen LogP) is 1.31. The van der Waals surface area contributed by atoms with Crippen molar-refractivity contribution >= 4 is 22.5 Å². The van der Waals surface area contributed by atoms with E-state index in [2.05, 4.69) is 16.0 Å². The van der Waals surface area contributed by atoms with Crippen molar-refractivity contribution in [3.8, 4) is 0 Å². The van der Waals surface area contributed by atoms with Crippen LogP contribution in [0.2, 0.25) is 0 Å². The van der Waals surface area contributed by atoms with Crippen molar-refractivity contribution in [3.05, 3.63) is 70.3 Å². The number of fused-ring (bicyclic) bond motifs is 2. The van der Waals surface area contributed by atoms with Gasteiger partial charge < -0.3 is 14.8 Å². The van der Waals surface area contributed by atoms with Gasteiger partial charge in [-0.05, 0) is 43.5 Å². The monoisotopic (exact) mass is 377 g/mol. The fourth-order valence-electron chi connectivity index (χ4n) is 3.87. The van der Waals surface area contributed by atoms with Crippen molar-refractivity contribution in [2.75, 3.05) is 24.5 Å². The number of nitrogens with one attached hydrogen (secondary N) is 2. The van der Waals surface area contributed by atoms with Crippen LogP contribution in [0.5, 0.6) is 0 Å². The highest BCUT2D eigenvalue weighted by molar-refractivity contribution is 5.95. The molecule has 2 heterocycles. The number of amides is 1. The van der Waals surface area contributed by atoms with Crippen molar-refractivity contribution in [3.63, 3.8) is 0 Å². The van der Waals surface area contributed by atoms with Crippen molar-refractivity contribution < 1.29 is 9.69 Å². The maximum absolute atomic E-state index is 13.0. The Hall–Kier alpha value is -2.99. The van der Waals surface area contributed by atoms with Gasteiger partial charge in [0.15, 0.2) is 12.4 Å². The number of aromatic amines is 1. The molecule has 0 fully saturated rings. The summed E-state index contributed by atoms with van der Waals surface area (Å²) in [5.74, 6) is 0.736. The molecule has 1 amide bonds. The van der Waals surface area contributed by atoms with E-state index in [1.807, 2.05) is 48.2 Å². The maximum Gasteiger partial charge on any atom is 0.282 e. The molecule has 1 unspecified atom stereocenters. The number of aryl methyl sites for hydroxylation is 1. The first-order chi connectivity index (χ1) is 13.7. The van der Waals surface area contributed by atoms with Gasteiger partial charge in [-0.3, -0.25) is 9.59 Å². The quantitative estimate of drug-likeness (QED) is 0.704. The molecule has 6 heteroatoms. The van der Waals surface area contributed by atoms with E-state index >= 15 is 0 Å². The molecule has 0 bridgehead atoms. The molecular weight excluding hydrogens is 352 g/mol. The van der Waals surface area contributed by atoms with Crippen LogP contribution in [0.25, 0.3) is 10.9 Å². The number of carbonyl (C=O) groups excluding carboxylic acids is 1. The molecule has 144 valence electrons. The molecule has 1 aliphatic heterocycles. The smallest absolute Gasteiger partial charge is 0.282 e. The molecule has 0 spiro atoms. The molecule has 0 aliphatic carbocycles. The van der Waals surface area contributed by atoms with Crippen molar-refractivity contribution in [1.82, 2.24) is 9.97 Å². The lowest BCUT2D eigenvalue weighted by Gasteiger charge is -2.30. The van der Waals surface area contributed by atoms with E-state index in [9.17, 15) is 9.59 Å². The molecule has 1 aliphatic rings. The second-order valence-corrected chi connectivity index (χ2v) is 7.26. The number of H-pyrrole nitrogens is 1. The van der Waals surface area contributed by atoms with Crippen LogP contribution in [0.15, 0.2) is 53.3 Å². The van der Waals surface area contributed by atoms with Gasteiger partial charge in [0, 0.05) is 12.2 Å². The number of aromatic nitrogens is 2. The summed E-state index contributed by atoms with van der Waals surface area (Å²) < 4.78 is 0. The molecule has 28 heavy (non-hydrogen) atoms. The number of hydrogen-bond donors (Lipinski definition) is 2. The van der Waals surface area contributed by atoms with Gasteiger partial charge in [-0.25, -0.2) is 4.98 Å². The summed E-state index contributed by atoms with van der Waals surface area (Å²) in [6.07, 6.45) is 2.01. The van der Waals surface area contributed by atoms with E-state index in [1.165, 1.54) is 5.56 Å². The van der Waals surface area contributed by atoms with E-state index in [-0.39, 0.29) is 11.5 Å². The Morgan fingerprint density at radius 2 is 1.96 bits per heavy atom. The number of nitrogens with zero attached hydrogens (tertiary/aromatic N) is 2. The molecule has 3 aromatic rings. The Balaban J connectivity index is 1.51. The Morgan fingerprint density at radius 3 is 2.82 bits per heavy atom. The molecule has 0 saturated heterocycles. The van der Waals surface area contributed by atoms with Gasteiger partial charge in [0.2, 0.25) is 0 Å².